The van der Waals surface area contributed by atoms with Crippen LogP contribution in [0.25, 0.3) is 0 Å². The highest BCUT2D eigenvalue weighted by Gasteiger charge is 2.29. The summed E-state index contributed by atoms with van der Waals surface area (Å²) in [7, 11) is 0. The van der Waals surface area contributed by atoms with Crippen molar-refractivity contribution in [1.29, 1.82) is 0 Å². The molecule has 1 aliphatic heterocycles. The predicted molar refractivity (Wildman–Crippen MR) is 70.2 cm³/mol. The summed E-state index contributed by atoms with van der Waals surface area (Å²) in [6, 6.07) is 3.46. The SMILES string of the molecule is CCC[C@H]1CCCN1C(=O)c1ccc(C(=O)O)s1. The van der Waals surface area contributed by atoms with E-state index >= 15 is 0 Å². The van der Waals surface area contributed by atoms with Gasteiger partial charge in [-0.1, -0.05) is 13.3 Å². The quantitative estimate of drug-likeness (QED) is 0.912. The van der Waals surface area contributed by atoms with E-state index in [1.165, 1.54) is 6.07 Å². The highest BCUT2D eigenvalue weighted by atomic mass is 32.1. The Hall–Kier alpha value is -1.36. The predicted octanol–water partition coefficient (Wildman–Crippen LogP) is 2.85. The summed E-state index contributed by atoms with van der Waals surface area (Å²) < 4.78 is 0. The molecule has 1 aliphatic rings. The maximum atomic E-state index is 12.3. The van der Waals surface area contributed by atoms with Gasteiger partial charge < -0.3 is 10.0 Å². The van der Waals surface area contributed by atoms with E-state index in [9.17, 15) is 9.59 Å². The third kappa shape index (κ3) is 2.56. The van der Waals surface area contributed by atoms with E-state index in [0.29, 0.717) is 10.9 Å². The topological polar surface area (TPSA) is 57.6 Å². The van der Waals surface area contributed by atoms with Crippen LogP contribution in [-0.4, -0.2) is 34.5 Å². The van der Waals surface area contributed by atoms with Gasteiger partial charge in [-0.25, -0.2) is 4.79 Å². The summed E-state index contributed by atoms with van der Waals surface area (Å²) in [5.41, 5.74) is 0. The zero-order valence-electron chi connectivity index (χ0n) is 10.4. The van der Waals surface area contributed by atoms with E-state index < -0.39 is 5.97 Å². The summed E-state index contributed by atoms with van der Waals surface area (Å²) in [6.45, 7) is 2.92. The first-order valence-corrected chi connectivity index (χ1v) is 7.09. The molecule has 0 aromatic carbocycles. The molecule has 18 heavy (non-hydrogen) atoms. The lowest BCUT2D eigenvalue weighted by Crippen LogP contribution is -2.34. The highest BCUT2D eigenvalue weighted by Crippen LogP contribution is 2.26. The van der Waals surface area contributed by atoms with Gasteiger partial charge in [0.1, 0.15) is 4.88 Å². The van der Waals surface area contributed by atoms with E-state index in [1.54, 1.807) is 6.07 Å². The molecule has 0 aliphatic carbocycles. The van der Waals surface area contributed by atoms with Gasteiger partial charge >= 0.3 is 5.97 Å². The van der Waals surface area contributed by atoms with Gasteiger partial charge in [-0.05, 0) is 31.4 Å². The number of aromatic carboxylic acids is 1. The van der Waals surface area contributed by atoms with Crippen molar-refractivity contribution in [3.63, 3.8) is 0 Å². The Morgan fingerprint density at radius 1 is 1.44 bits per heavy atom. The molecular formula is C13H17NO3S. The number of carbonyl (C=O) groups is 2. The second-order valence-electron chi connectivity index (χ2n) is 4.55. The van der Waals surface area contributed by atoms with E-state index in [1.807, 2.05) is 4.90 Å². The Labute approximate surface area is 110 Å². The van der Waals surface area contributed by atoms with Gasteiger partial charge in [-0.2, -0.15) is 0 Å². The molecule has 0 saturated carbocycles. The summed E-state index contributed by atoms with van der Waals surface area (Å²) in [5, 5.41) is 8.87. The highest BCUT2D eigenvalue weighted by molar-refractivity contribution is 7.15. The normalized spacial score (nSPS) is 19.2. The largest absolute Gasteiger partial charge is 0.477 e. The Balaban J connectivity index is 2.12. The fourth-order valence-corrected chi connectivity index (χ4v) is 3.25. The van der Waals surface area contributed by atoms with Crippen LogP contribution in [0, 0.1) is 0 Å². The first kappa shape index (κ1) is 13.1. The van der Waals surface area contributed by atoms with Crippen molar-refractivity contribution >= 4 is 23.2 Å². The number of carboxylic acid groups (broad SMARTS) is 1. The van der Waals surface area contributed by atoms with Crippen LogP contribution in [0.4, 0.5) is 0 Å². The second kappa shape index (κ2) is 5.52. The number of amides is 1. The zero-order chi connectivity index (χ0) is 13.1. The van der Waals surface area contributed by atoms with Crippen molar-refractivity contribution in [1.82, 2.24) is 4.90 Å². The molecule has 5 heteroatoms. The third-order valence-corrected chi connectivity index (χ3v) is 4.35. The van der Waals surface area contributed by atoms with Crippen LogP contribution in [0.2, 0.25) is 0 Å². The fraction of sp³-hybridized carbons (Fsp3) is 0.538. The molecule has 1 fully saturated rings. The van der Waals surface area contributed by atoms with Crippen molar-refractivity contribution in [2.45, 2.75) is 38.6 Å². The minimum Gasteiger partial charge on any atom is -0.477 e. The molecule has 1 amide bonds. The van der Waals surface area contributed by atoms with E-state index in [2.05, 4.69) is 6.92 Å². The molecule has 4 nitrogen and oxygen atoms in total. The third-order valence-electron chi connectivity index (χ3n) is 3.29. The van der Waals surface area contributed by atoms with Gasteiger partial charge in [-0.3, -0.25) is 4.79 Å². The summed E-state index contributed by atoms with van der Waals surface area (Å²) in [5.74, 6) is -0.978. The number of carbonyl (C=O) groups excluding carboxylic acids is 1. The van der Waals surface area contributed by atoms with Crippen LogP contribution in [0.1, 0.15) is 52.0 Å². The first-order valence-electron chi connectivity index (χ1n) is 6.27. The maximum absolute atomic E-state index is 12.3. The first-order chi connectivity index (χ1) is 8.63. The molecule has 0 bridgehead atoms. The van der Waals surface area contributed by atoms with Crippen LogP contribution >= 0.6 is 11.3 Å². The number of likely N-dealkylation sites (tertiary alicyclic amines) is 1. The second-order valence-corrected chi connectivity index (χ2v) is 5.64. The van der Waals surface area contributed by atoms with Crippen LogP contribution in [-0.2, 0) is 0 Å². The Morgan fingerprint density at radius 3 is 2.78 bits per heavy atom. The summed E-state index contributed by atoms with van der Waals surface area (Å²) in [4.78, 5) is 25.8. The molecule has 0 radical (unpaired) electrons. The molecule has 2 rings (SSSR count). The monoisotopic (exact) mass is 267 g/mol. The Morgan fingerprint density at radius 2 is 2.17 bits per heavy atom. The Bertz CT molecular complexity index is 455. The number of hydrogen-bond donors (Lipinski definition) is 1. The van der Waals surface area contributed by atoms with Crippen molar-refractivity contribution in [3.8, 4) is 0 Å². The van der Waals surface area contributed by atoms with Crippen molar-refractivity contribution < 1.29 is 14.7 Å². The van der Waals surface area contributed by atoms with E-state index in [-0.39, 0.29) is 10.8 Å². The smallest absolute Gasteiger partial charge is 0.345 e. The molecule has 1 atom stereocenters. The standard InChI is InChI=1S/C13H17NO3S/c1-2-4-9-5-3-8-14(9)12(15)10-6-7-11(18-10)13(16)17/h6-7,9H,2-5,8H2,1H3,(H,16,17)/t9-/m0/s1. The average molecular weight is 267 g/mol. The lowest BCUT2D eigenvalue weighted by molar-refractivity contribution is 0.0700. The Kier molecular flexibility index (Phi) is 4.01. The van der Waals surface area contributed by atoms with Gasteiger partial charge in [0.15, 0.2) is 0 Å². The van der Waals surface area contributed by atoms with E-state index in [0.717, 1.165) is 43.6 Å². The molecule has 1 N–H and O–H groups in total. The van der Waals surface area contributed by atoms with Crippen LogP contribution in [0.5, 0.6) is 0 Å². The van der Waals surface area contributed by atoms with Crippen LogP contribution in [0.15, 0.2) is 12.1 Å². The molecule has 1 saturated heterocycles. The number of carboxylic acids is 1. The zero-order valence-corrected chi connectivity index (χ0v) is 11.2. The van der Waals surface area contributed by atoms with Gasteiger partial charge in [0.2, 0.25) is 0 Å². The minimum atomic E-state index is -0.967. The van der Waals surface area contributed by atoms with Gasteiger partial charge in [0.25, 0.3) is 5.91 Å². The number of nitrogens with zero attached hydrogens (tertiary/aromatic N) is 1. The molecule has 2 heterocycles. The molecular weight excluding hydrogens is 250 g/mol. The molecule has 98 valence electrons. The average Bonchev–Trinajstić information content (AvgIpc) is 2.97. The van der Waals surface area contributed by atoms with Crippen LogP contribution in [0.3, 0.4) is 0 Å². The molecule has 0 unspecified atom stereocenters. The maximum Gasteiger partial charge on any atom is 0.345 e. The fourth-order valence-electron chi connectivity index (χ4n) is 2.45. The molecule has 1 aromatic heterocycles. The summed E-state index contributed by atoms with van der Waals surface area (Å²) >= 11 is 1.07. The van der Waals surface area contributed by atoms with E-state index in [4.69, 9.17) is 5.11 Å². The van der Waals surface area contributed by atoms with Crippen molar-refractivity contribution in [2.75, 3.05) is 6.54 Å². The van der Waals surface area contributed by atoms with Gasteiger partial charge in [-0.15, -0.1) is 11.3 Å². The van der Waals surface area contributed by atoms with Crippen LogP contribution < -0.4 is 0 Å². The lowest BCUT2D eigenvalue weighted by atomic mass is 10.1. The van der Waals surface area contributed by atoms with Gasteiger partial charge in [0.05, 0.1) is 4.88 Å². The lowest BCUT2D eigenvalue weighted by Gasteiger charge is -2.23. The van der Waals surface area contributed by atoms with Gasteiger partial charge in [0, 0.05) is 12.6 Å². The molecule has 1 aromatic rings. The number of thiophene rings is 1. The van der Waals surface area contributed by atoms with Crippen molar-refractivity contribution in [3.05, 3.63) is 21.9 Å². The summed E-state index contributed by atoms with van der Waals surface area (Å²) in [6.07, 6.45) is 4.21. The number of hydrogen-bond acceptors (Lipinski definition) is 3. The minimum absolute atomic E-state index is 0.0107. The molecule has 0 spiro atoms. The van der Waals surface area contributed by atoms with Crippen molar-refractivity contribution in [2.24, 2.45) is 0 Å². The number of rotatable bonds is 4.